The van der Waals surface area contributed by atoms with E-state index in [0.29, 0.717) is 0 Å². The van der Waals surface area contributed by atoms with Gasteiger partial charge in [0, 0.05) is 18.1 Å². The Hall–Kier alpha value is -2.48. The van der Waals surface area contributed by atoms with Gasteiger partial charge in [-0.2, -0.15) is 0 Å². The highest BCUT2D eigenvalue weighted by Gasteiger charge is 2.06. The topological polar surface area (TPSA) is 14.2 Å². The lowest BCUT2D eigenvalue weighted by Gasteiger charge is -2.12. The minimum atomic E-state index is 0.897. The Bertz CT molecular complexity index is 712. The summed E-state index contributed by atoms with van der Waals surface area (Å²) in [6.45, 7) is 2.13. The van der Waals surface area contributed by atoms with Crippen LogP contribution in [-0.2, 0) is 6.42 Å². The van der Waals surface area contributed by atoms with Crippen LogP contribution in [0.3, 0.4) is 0 Å². The molecule has 2 aromatic carbocycles. The highest BCUT2D eigenvalue weighted by atomic mass is 16.5. The summed E-state index contributed by atoms with van der Waals surface area (Å²) in [7, 11) is 1.69. The first-order chi connectivity index (χ1) is 10.3. The van der Waals surface area contributed by atoms with Crippen molar-refractivity contribution in [3.63, 3.8) is 0 Å². The summed E-state index contributed by atoms with van der Waals surface area (Å²) < 4.78 is 7.39. The average molecular weight is 277 g/mol. The van der Waals surface area contributed by atoms with Crippen LogP contribution in [0.5, 0.6) is 5.75 Å². The van der Waals surface area contributed by atoms with E-state index >= 15 is 0 Å². The molecule has 0 aliphatic heterocycles. The zero-order chi connectivity index (χ0) is 14.7. The first kappa shape index (κ1) is 13.5. The molecule has 0 radical (unpaired) electrons. The third kappa shape index (κ3) is 3.00. The fourth-order valence-corrected chi connectivity index (χ4v) is 2.52. The van der Waals surface area contributed by atoms with E-state index in [1.165, 1.54) is 22.4 Å². The van der Waals surface area contributed by atoms with E-state index in [1.54, 1.807) is 7.11 Å². The van der Waals surface area contributed by atoms with Gasteiger partial charge in [0.25, 0.3) is 0 Å². The van der Waals surface area contributed by atoms with Crippen LogP contribution < -0.4 is 4.74 Å². The van der Waals surface area contributed by atoms with Gasteiger partial charge in [-0.25, -0.2) is 0 Å². The molecule has 0 saturated heterocycles. The first-order valence-electron chi connectivity index (χ1n) is 7.12. The molecule has 106 valence electrons. The van der Waals surface area contributed by atoms with Gasteiger partial charge in [0.2, 0.25) is 0 Å². The van der Waals surface area contributed by atoms with Crippen molar-refractivity contribution in [1.82, 2.24) is 4.57 Å². The number of hydrogen-bond acceptors (Lipinski definition) is 1. The molecule has 0 saturated carbocycles. The summed E-state index contributed by atoms with van der Waals surface area (Å²) in [6, 6.07) is 19.0. The molecule has 0 aliphatic rings. The van der Waals surface area contributed by atoms with E-state index in [2.05, 4.69) is 66.3 Å². The molecule has 1 heterocycles. The van der Waals surface area contributed by atoms with Gasteiger partial charge < -0.3 is 9.30 Å². The van der Waals surface area contributed by atoms with Crippen molar-refractivity contribution < 1.29 is 4.74 Å². The van der Waals surface area contributed by atoms with E-state index in [0.717, 1.165) is 12.2 Å². The molecule has 0 aliphatic carbocycles. The molecule has 0 spiro atoms. The van der Waals surface area contributed by atoms with Crippen LogP contribution in [0.15, 0.2) is 67.0 Å². The number of methoxy groups -OCH3 is 1. The lowest BCUT2D eigenvalue weighted by atomic mass is 10.0. The number of nitrogens with zero attached hydrogens (tertiary/aromatic N) is 1. The lowest BCUT2D eigenvalue weighted by Crippen LogP contribution is -1.99. The molecule has 21 heavy (non-hydrogen) atoms. The fraction of sp³-hybridized carbons (Fsp3) is 0.158. The summed E-state index contributed by atoms with van der Waals surface area (Å²) >= 11 is 0. The molecular formula is C19H19NO. The van der Waals surface area contributed by atoms with Crippen LogP contribution in [0.2, 0.25) is 0 Å². The van der Waals surface area contributed by atoms with E-state index in [1.807, 2.05) is 12.1 Å². The molecule has 1 aromatic heterocycles. The van der Waals surface area contributed by atoms with Crippen molar-refractivity contribution in [1.29, 1.82) is 0 Å². The van der Waals surface area contributed by atoms with Crippen LogP contribution in [0, 0.1) is 6.92 Å². The predicted octanol–water partition coefficient (Wildman–Crippen LogP) is 4.39. The van der Waals surface area contributed by atoms with Gasteiger partial charge in [0.05, 0.1) is 7.11 Å². The zero-order valence-electron chi connectivity index (χ0n) is 12.4. The second kappa shape index (κ2) is 5.88. The standard InChI is InChI=1S/C19H19NO/c1-15-5-8-17(19(13-15)20-11-3-4-12-20)14-16-6-9-18(21-2)10-7-16/h3-13H,14H2,1-2H3. The molecule has 3 aromatic rings. The maximum Gasteiger partial charge on any atom is 0.118 e. The normalized spacial score (nSPS) is 10.6. The monoisotopic (exact) mass is 277 g/mol. The van der Waals surface area contributed by atoms with Gasteiger partial charge >= 0.3 is 0 Å². The molecule has 0 amide bonds. The molecule has 3 rings (SSSR count). The van der Waals surface area contributed by atoms with Crippen molar-refractivity contribution in [3.8, 4) is 11.4 Å². The second-order valence-corrected chi connectivity index (χ2v) is 5.25. The van der Waals surface area contributed by atoms with Crippen molar-refractivity contribution in [2.45, 2.75) is 13.3 Å². The maximum atomic E-state index is 5.21. The smallest absolute Gasteiger partial charge is 0.118 e. The van der Waals surface area contributed by atoms with Crippen LogP contribution in [0.1, 0.15) is 16.7 Å². The van der Waals surface area contributed by atoms with Gasteiger partial charge in [-0.3, -0.25) is 0 Å². The third-order valence-electron chi connectivity index (χ3n) is 3.68. The quantitative estimate of drug-likeness (QED) is 0.690. The number of benzene rings is 2. The van der Waals surface area contributed by atoms with Crippen LogP contribution in [-0.4, -0.2) is 11.7 Å². The molecule has 0 unspecified atom stereocenters. The minimum absolute atomic E-state index is 0.897. The molecule has 2 nitrogen and oxygen atoms in total. The van der Waals surface area contributed by atoms with Crippen LogP contribution in [0.4, 0.5) is 0 Å². The summed E-state index contributed by atoms with van der Waals surface area (Å²) in [4.78, 5) is 0. The number of aryl methyl sites for hydroxylation is 1. The molecule has 2 heteroatoms. The van der Waals surface area contributed by atoms with Crippen molar-refractivity contribution in [3.05, 3.63) is 83.7 Å². The van der Waals surface area contributed by atoms with Crippen molar-refractivity contribution in [2.24, 2.45) is 0 Å². The summed E-state index contributed by atoms with van der Waals surface area (Å²) in [5.74, 6) is 0.897. The summed E-state index contributed by atoms with van der Waals surface area (Å²) in [6.07, 6.45) is 5.09. The number of hydrogen-bond donors (Lipinski definition) is 0. The van der Waals surface area contributed by atoms with Crippen LogP contribution in [0.25, 0.3) is 5.69 Å². The van der Waals surface area contributed by atoms with Gasteiger partial charge in [-0.05, 0) is 60.4 Å². The Labute approximate surface area is 125 Å². The minimum Gasteiger partial charge on any atom is -0.497 e. The number of rotatable bonds is 4. The average Bonchev–Trinajstić information content (AvgIpc) is 3.04. The SMILES string of the molecule is COc1ccc(Cc2ccc(C)cc2-n2cccc2)cc1. The second-order valence-electron chi connectivity index (χ2n) is 5.25. The third-order valence-corrected chi connectivity index (χ3v) is 3.68. The van der Waals surface area contributed by atoms with Gasteiger partial charge in [0.15, 0.2) is 0 Å². The van der Waals surface area contributed by atoms with Crippen molar-refractivity contribution >= 4 is 0 Å². The van der Waals surface area contributed by atoms with E-state index in [4.69, 9.17) is 4.74 Å². The lowest BCUT2D eigenvalue weighted by molar-refractivity contribution is 0.414. The zero-order valence-corrected chi connectivity index (χ0v) is 12.4. The summed E-state index contributed by atoms with van der Waals surface area (Å²) in [5.41, 5.74) is 5.13. The van der Waals surface area contributed by atoms with Crippen LogP contribution >= 0.6 is 0 Å². The highest BCUT2D eigenvalue weighted by molar-refractivity contribution is 5.46. The largest absolute Gasteiger partial charge is 0.497 e. The van der Waals surface area contributed by atoms with Gasteiger partial charge in [-0.1, -0.05) is 24.3 Å². The molecule has 0 N–H and O–H groups in total. The molecule has 0 bridgehead atoms. The van der Waals surface area contributed by atoms with E-state index in [9.17, 15) is 0 Å². The van der Waals surface area contributed by atoms with Crippen molar-refractivity contribution in [2.75, 3.05) is 7.11 Å². The highest BCUT2D eigenvalue weighted by Crippen LogP contribution is 2.21. The van der Waals surface area contributed by atoms with E-state index in [-0.39, 0.29) is 0 Å². The van der Waals surface area contributed by atoms with E-state index < -0.39 is 0 Å². The Morgan fingerprint density at radius 3 is 2.33 bits per heavy atom. The Kier molecular flexibility index (Phi) is 3.78. The summed E-state index contributed by atoms with van der Waals surface area (Å²) in [5, 5.41) is 0. The first-order valence-corrected chi connectivity index (χ1v) is 7.12. The Morgan fingerprint density at radius 1 is 0.952 bits per heavy atom. The number of ether oxygens (including phenoxy) is 1. The number of aromatic nitrogens is 1. The fourth-order valence-electron chi connectivity index (χ4n) is 2.52. The Morgan fingerprint density at radius 2 is 1.67 bits per heavy atom. The molecular weight excluding hydrogens is 258 g/mol. The Balaban J connectivity index is 1.94. The molecule has 0 fully saturated rings. The van der Waals surface area contributed by atoms with Gasteiger partial charge in [-0.15, -0.1) is 0 Å². The predicted molar refractivity (Wildman–Crippen MR) is 86.3 cm³/mol. The maximum absolute atomic E-state index is 5.21. The van der Waals surface area contributed by atoms with Gasteiger partial charge in [0.1, 0.15) is 5.75 Å². The molecule has 0 atom stereocenters.